The number of amides is 2. The molecule has 0 radical (unpaired) electrons. The summed E-state index contributed by atoms with van der Waals surface area (Å²) in [6.07, 6.45) is 0. The van der Waals surface area contributed by atoms with Crippen LogP contribution in [0.2, 0.25) is 0 Å². The van der Waals surface area contributed by atoms with Crippen LogP contribution < -0.4 is 15.3 Å². The summed E-state index contributed by atoms with van der Waals surface area (Å²) in [5.41, 5.74) is 0.379. The molecular formula is C19H15NO5. The van der Waals surface area contributed by atoms with Crippen LogP contribution in [0.4, 0.5) is 5.69 Å². The van der Waals surface area contributed by atoms with Gasteiger partial charge in [0, 0.05) is 24.4 Å². The predicted molar refractivity (Wildman–Crippen MR) is 92.6 cm³/mol. The third-order valence-corrected chi connectivity index (χ3v) is 3.54. The van der Waals surface area contributed by atoms with E-state index in [1.165, 1.54) is 19.1 Å². The Kier molecular flexibility index (Phi) is 4.61. The number of rotatable bonds is 4. The van der Waals surface area contributed by atoms with Crippen molar-refractivity contribution >= 4 is 28.5 Å². The Morgan fingerprint density at radius 2 is 1.76 bits per heavy atom. The molecule has 0 N–H and O–H groups in total. The van der Waals surface area contributed by atoms with Crippen LogP contribution in [0.1, 0.15) is 6.92 Å². The summed E-state index contributed by atoms with van der Waals surface area (Å²) in [6.45, 7) is 0.993. The van der Waals surface area contributed by atoms with Crippen molar-refractivity contribution in [1.29, 1.82) is 0 Å². The second-order valence-corrected chi connectivity index (χ2v) is 5.33. The molecule has 25 heavy (non-hydrogen) atoms. The van der Waals surface area contributed by atoms with Gasteiger partial charge in [0.25, 0.3) is 5.91 Å². The Morgan fingerprint density at radius 3 is 2.48 bits per heavy atom. The first-order valence-corrected chi connectivity index (χ1v) is 7.60. The van der Waals surface area contributed by atoms with E-state index in [1.54, 1.807) is 48.5 Å². The van der Waals surface area contributed by atoms with Crippen LogP contribution >= 0.6 is 0 Å². The minimum Gasteiger partial charge on any atom is -0.484 e. The summed E-state index contributed by atoms with van der Waals surface area (Å²) >= 11 is 0. The molecule has 126 valence electrons. The Morgan fingerprint density at radius 1 is 1.04 bits per heavy atom. The van der Waals surface area contributed by atoms with Gasteiger partial charge in [0.15, 0.2) is 6.61 Å². The Bertz CT molecular complexity index is 978. The number of carbonyl (C=O) groups is 2. The highest BCUT2D eigenvalue weighted by molar-refractivity contribution is 6.14. The van der Waals surface area contributed by atoms with E-state index in [-0.39, 0.29) is 6.61 Å². The van der Waals surface area contributed by atoms with Crippen LogP contribution in [0.15, 0.2) is 69.9 Å². The summed E-state index contributed by atoms with van der Waals surface area (Å²) < 4.78 is 10.5. The monoisotopic (exact) mass is 337 g/mol. The van der Waals surface area contributed by atoms with Crippen molar-refractivity contribution in [2.45, 2.75) is 6.92 Å². The Hall–Kier alpha value is -3.41. The number of carbonyl (C=O) groups excluding carboxylic acids is 2. The topological polar surface area (TPSA) is 76.8 Å². The molecule has 1 aromatic heterocycles. The average Bonchev–Trinajstić information content (AvgIpc) is 2.60. The lowest BCUT2D eigenvalue weighted by molar-refractivity contribution is -0.126. The van der Waals surface area contributed by atoms with E-state index < -0.39 is 17.4 Å². The zero-order valence-electron chi connectivity index (χ0n) is 13.5. The summed E-state index contributed by atoms with van der Waals surface area (Å²) in [6, 6.07) is 16.5. The second-order valence-electron chi connectivity index (χ2n) is 5.33. The minimum absolute atomic E-state index is 0.322. The van der Waals surface area contributed by atoms with Gasteiger partial charge in [0.2, 0.25) is 5.91 Å². The van der Waals surface area contributed by atoms with E-state index in [4.69, 9.17) is 9.15 Å². The van der Waals surface area contributed by atoms with Crippen molar-refractivity contribution in [2.75, 3.05) is 11.5 Å². The van der Waals surface area contributed by atoms with Crippen LogP contribution in [0.5, 0.6) is 5.75 Å². The molecule has 0 fully saturated rings. The first-order valence-electron chi connectivity index (χ1n) is 7.60. The standard InChI is InChI=1S/C19H15NO5/c1-13(21)20(15-5-3-2-4-6-15)18(22)12-24-16-9-7-14-8-10-19(23)25-17(14)11-16/h2-11H,12H2,1H3. The number of anilines is 1. The van der Waals surface area contributed by atoms with E-state index >= 15 is 0 Å². The largest absolute Gasteiger partial charge is 0.484 e. The summed E-state index contributed by atoms with van der Waals surface area (Å²) in [5.74, 6) is -0.524. The molecule has 1 heterocycles. The number of benzene rings is 2. The number of ether oxygens (including phenoxy) is 1. The minimum atomic E-state index is -0.492. The maximum Gasteiger partial charge on any atom is 0.336 e. The molecule has 0 unspecified atom stereocenters. The van der Waals surface area contributed by atoms with Crippen LogP contribution in [-0.2, 0) is 9.59 Å². The zero-order valence-corrected chi connectivity index (χ0v) is 13.5. The van der Waals surface area contributed by atoms with E-state index in [2.05, 4.69) is 0 Å². The fourth-order valence-corrected chi connectivity index (χ4v) is 2.42. The van der Waals surface area contributed by atoms with Gasteiger partial charge in [-0.3, -0.25) is 9.59 Å². The Balaban J connectivity index is 1.76. The van der Waals surface area contributed by atoms with Crippen molar-refractivity contribution in [1.82, 2.24) is 0 Å². The Labute approximate surface area is 143 Å². The fraction of sp³-hybridized carbons (Fsp3) is 0.105. The highest BCUT2D eigenvalue weighted by Crippen LogP contribution is 2.20. The number of fused-ring (bicyclic) bond motifs is 1. The number of nitrogens with zero attached hydrogens (tertiary/aromatic N) is 1. The van der Waals surface area contributed by atoms with Gasteiger partial charge in [-0.15, -0.1) is 0 Å². The van der Waals surface area contributed by atoms with Gasteiger partial charge in [-0.05, 0) is 30.3 Å². The lowest BCUT2D eigenvalue weighted by atomic mass is 10.2. The van der Waals surface area contributed by atoms with Gasteiger partial charge >= 0.3 is 5.63 Å². The summed E-state index contributed by atoms with van der Waals surface area (Å²) in [7, 11) is 0. The predicted octanol–water partition coefficient (Wildman–Crippen LogP) is 2.75. The normalized spacial score (nSPS) is 10.4. The lowest BCUT2D eigenvalue weighted by Crippen LogP contribution is -2.38. The van der Waals surface area contributed by atoms with E-state index in [9.17, 15) is 14.4 Å². The first kappa shape index (κ1) is 16.4. The number of imide groups is 1. The molecule has 3 rings (SSSR count). The van der Waals surface area contributed by atoms with Gasteiger partial charge in [-0.25, -0.2) is 9.69 Å². The molecule has 0 atom stereocenters. The molecule has 0 spiro atoms. The summed E-state index contributed by atoms with van der Waals surface area (Å²) in [4.78, 5) is 36.5. The highest BCUT2D eigenvalue weighted by atomic mass is 16.5. The van der Waals surface area contributed by atoms with Gasteiger partial charge in [-0.1, -0.05) is 18.2 Å². The van der Waals surface area contributed by atoms with E-state index in [1.807, 2.05) is 0 Å². The van der Waals surface area contributed by atoms with E-state index in [0.29, 0.717) is 17.0 Å². The number of para-hydroxylation sites is 1. The molecule has 0 saturated heterocycles. The van der Waals surface area contributed by atoms with Crippen LogP contribution in [-0.4, -0.2) is 18.4 Å². The fourth-order valence-electron chi connectivity index (χ4n) is 2.42. The van der Waals surface area contributed by atoms with E-state index in [0.717, 1.165) is 10.3 Å². The van der Waals surface area contributed by atoms with Crippen molar-refractivity contribution in [3.05, 3.63) is 71.1 Å². The maximum atomic E-state index is 12.4. The molecule has 0 aliphatic carbocycles. The van der Waals surface area contributed by atoms with Crippen LogP contribution in [0.3, 0.4) is 0 Å². The molecule has 6 nitrogen and oxygen atoms in total. The molecule has 2 aromatic carbocycles. The molecule has 0 saturated carbocycles. The van der Waals surface area contributed by atoms with Crippen molar-refractivity contribution in [3.8, 4) is 5.75 Å². The van der Waals surface area contributed by atoms with Gasteiger partial charge < -0.3 is 9.15 Å². The lowest BCUT2D eigenvalue weighted by Gasteiger charge is -2.19. The molecular weight excluding hydrogens is 322 g/mol. The smallest absolute Gasteiger partial charge is 0.336 e. The van der Waals surface area contributed by atoms with Gasteiger partial charge in [0.1, 0.15) is 11.3 Å². The third-order valence-electron chi connectivity index (χ3n) is 3.54. The van der Waals surface area contributed by atoms with Crippen molar-refractivity contribution < 1.29 is 18.7 Å². The molecule has 2 amide bonds. The summed E-state index contributed by atoms with van der Waals surface area (Å²) in [5, 5.41) is 0.743. The van der Waals surface area contributed by atoms with Gasteiger partial charge in [-0.2, -0.15) is 0 Å². The quantitative estimate of drug-likeness (QED) is 0.684. The third kappa shape index (κ3) is 3.74. The van der Waals surface area contributed by atoms with Crippen LogP contribution in [0, 0.1) is 0 Å². The van der Waals surface area contributed by atoms with Crippen molar-refractivity contribution in [3.63, 3.8) is 0 Å². The molecule has 0 bridgehead atoms. The molecule has 6 heteroatoms. The van der Waals surface area contributed by atoms with Gasteiger partial charge in [0.05, 0.1) is 5.69 Å². The van der Waals surface area contributed by atoms with Crippen LogP contribution in [0.25, 0.3) is 11.0 Å². The SMILES string of the molecule is CC(=O)N(C(=O)COc1ccc2ccc(=O)oc2c1)c1ccccc1. The molecule has 3 aromatic rings. The second kappa shape index (κ2) is 7.00. The highest BCUT2D eigenvalue weighted by Gasteiger charge is 2.20. The van der Waals surface area contributed by atoms with Crippen molar-refractivity contribution in [2.24, 2.45) is 0 Å². The number of hydrogen-bond donors (Lipinski definition) is 0. The zero-order chi connectivity index (χ0) is 17.8. The molecule has 0 aliphatic rings. The number of hydrogen-bond acceptors (Lipinski definition) is 5. The average molecular weight is 337 g/mol. The maximum absolute atomic E-state index is 12.4. The molecule has 0 aliphatic heterocycles. The first-order chi connectivity index (χ1) is 12.0.